The van der Waals surface area contributed by atoms with Crippen LogP contribution in [-0.2, 0) is 26.2 Å². The maximum absolute atomic E-state index is 14.1. The second-order valence-corrected chi connectivity index (χ2v) is 12.6. The van der Waals surface area contributed by atoms with Crippen LogP contribution in [0.1, 0.15) is 31.9 Å². The van der Waals surface area contributed by atoms with Crippen LogP contribution in [0.4, 0.5) is 5.69 Å². The molecule has 1 atom stereocenters. The van der Waals surface area contributed by atoms with E-state index >= 15 is 0 Å². The fraction of sp³-hybridized carbons (Fsp3) is 0.355. The number of hydrogen-bond donors (Lipinski definition) is 1. The molecule has 0 bridgehead atoms. The fourth-order valence-electron chi connectivity index (χ4n) is 4.21. The van der Waals surface area contributed by atoms with Gasteiger partial charge >= 0.3 is 0 Å². The molecule has 0 saturated carbocycles. The van der Waals surface area contributed by atoms with Crippen molar-refractivity contribution in [2.24, 2.45) is 5.92 Å². The monoisotopic (exact) mass is 615 g/mol. The third kappa shape index (κ3) is 8.17. The number of rotatable bonds is 13. The normalized spacial score (nSPS) is 12.0. The van der Waals surface area contributed by atoms with Crippen molar-refractivity contribution in [3.8, 4) is 11.5 Å². The summed E-state index contributed by atoms with van der Waals surface area (Å²) in [6.45, 7) is 7.25. The van der Waals surface area contributed by atoms with Gasteiger partial charge in [0.25, 0.3) is 10.0 Å². The van der Waals surface area contributed by atoms with E-state index in [1.165, 1.54) is 37.3 Å². The average Bonchev–Trinajstić information content (AvgIpc) is 2.96. The summed E-state index contributed by atoms with van der Waals surface area (Å²) in [5.41, 5.74) is 1.68. The molecule has 0 aliphatic rings. The van der Waals surface area contributed by atoms with E-state index < -0.39 is 28.5 Å². The molecule has 0 radical (unpaired) electrons. The van der Waals surface area contributed by atoms with E-state index in [9.17, 15) is 18.0 Å². The Morgan fingerprint density at radius 2 is 1.64 bits per heavy atom. The van der Waals surface area contributed by atoms with Gasteiger partial charge in [0.15, 0.2) is 0 Å². The lowest BCUT2D eigenvalue weighted by Gasteiger charge is -2.32. The molecule has 11 heteroatoms. The van der Waals surface area contributed by atoms with Crippen LogP contribution >= 0.6 is 11.6 Å². The summed E-state index contributed by atoms with van der Waals surface area (Å²) in [4.78, 5) is 28.6. The first-order chi connectivity index (χ1) is 19.9. The predicted molar refractivity (Wildman–Crippen MR) is 165 cm³/mol. The maximum Gasteiger partial charge on any atom is 0.264 e. The molecular formula is C31H38ClN3O6S. The van der Waals surface area contributed by atoms with E-state index in [1.54, 1.807) is 55.5 Å². The number of halogens is 1. The Balaban J connectivity index is 2.11. The lowest BCUT2D eigenvalue weighted by Crippen LogP contribution is -2.51. The number of ether oxygens (including phenoxy) is 2. The largest absolute Gasteiger partial charge is 0.497 e. The lowest BCUT2D eigenvalue weighted by atomic mass is 10.1. The predicted octanol–water partition coefficient (Wildman–Crippen LogP) is 5.05. The van der Waals surface area contributed by atoms with Gasteiger partial charge < -0.3 is 19.7 Å². The lowest BCUT2D eigenvalue weighted by molar-refractivity contribution is -0.139. The highest BCUT2D eigenvalue weighted by atomic mass is 35.5. The minimum absolute atomic E-state index is 0.00473. The highest BCUT2D eigenvalue weighted by Crippen LogP contribution is 2.36. The minimum atomic E-state index is -4.28. The van der Waals surface area contributed by atoms with Gasteiger partial charge in [-0.05, 0) is 61.7 Å². The van der Waals surface area contributed by atoms with Crippen LogP contribution in [0.15, 0.2) is 71.6 Å². The number of carbonyl (C=O) groups is 2. The molecule has 0 saturated heterocycles. The molecule has 0 aliphatic heterocycles. The van der Waals surface area contributed by atoms with Gasteiger partial charge in [-0.1, -0.05) is 55.3 Å². The van der Waals surface area contributed by atoms with Crippen molar-refractivity contribution in [2.45, 2.75) is 45.2 Å². The van der Waals surface area contributed by atoms with Crippen molar-refractivity contribution in [1.29, 1.82) is 0 Å². The molecule has 0 aliphatic carbocycles. The Hall–Kier alpha value is -3.76. The summed E-state index contributed by atoms with van der Waals surface area (Å²) in [6.07, 6.45) is 0. The molecule has 3 rings (SSSR count). The number of nitrogens with one attached hydrogen (secondary N) is 1. The standard InChI is InChI=1S/C31H38ClN3O6S/c1-21(2)18-33-31(37)23(4)34(19-24-8-7-9-25(32)16-24)30(36)20-35(28-17-26(40-5)12-15-29(28)41-6)42(38,39)27-13-10-22(3)11-14-27/h7-17,21,23H,18-20H2,1-6H3,(H,33,37)/t23-/m1/s1. The smallest absolute Gasteiger partial charge is 0.264 e. The van der Waals surface area contributed by atoms with Crippen LogP contribution in [0.3, 0.4) is 0 Å². The van der Waals surface area contributed by atoms with Gasteiger partial charge in [0.2, 0.25) is 11.8 Å². The molecule has 226 valence electrons. The van der Waals surface area contributed by atoms with E-state index in [4.69, 9.17) is 21.1 Å². The zero-order valence-electron chi connectivity index (χ0n) is 24.8. The molecule has 3 aromatic carbocycles. The Bertz CT molecular complexity index is 1490. The number of methoxy groups -OCH3 is 2. The van der Waals surface area contributed by atoms with Gasteiger partial charge in [0.1, 0.15) is 24.1 Å². The fourth-order valence-corrected chi connectivity index (χ4v) is 5.84. The number of anilines is 1. The average molecular weight is 616 g/mol. The molecule has 42 heavy (non-hydrogen) atoms. The van der Waals surface area contributed by atoms with E-state index in [2.05, 4.69) is 5.32 Å². The molecule has 0 fully saturated rings. The minimum Gasteiger partial charge on any atom is -0.497 e. The van der Waals surface area contributed by atoms with Crippen molar-refractivity contribution < 1.29 is 27.5 Å². The second-order valence-electron chi connectivity index (χ2n) is 10.3. The Kier molecular flexibility index (Phi) is 11.2. The van der Waals surface area contributed by atoms with Crippen molar-refractivity contribution in [2.75, 3.05) is 31.6 Å². The van der Waals surface area contributed by atoms with Crippen LogP contribution in [0, 0.1) is 12.8 Å². The van der Waals surface area contributed by atoms with Gasteiger partial charge in [0, 0.05) is 24.2 Å². The van der Waals surface area contributed by atoms with E-state index in [-0.39, 0.29) is 34.7 Å². The zero-order valence-corrected chi connectivity index (χ0v) is 26.3. The number of aryl methyl sites for hydroxylation is 1. The molecule has 2 amide bonds. The van der Waals surface area contributed by atoms with Crippen LogP contribution < -0.4 is 19.1 Å². The summed E-state index contributed by atoms with van der Waals surface area (Å²) in [6, 6.07) is 17.1. The number of benzene rings is 3. The van der Waals surface area contributed by atoms with E-state index in [0.717, 1.165) is 9.87 Å². The first-order valence-corrected chi connectivity index (χ1v) is 15.3. The maximum atomic E-state index is 14.1. The van der Waals surface area contributed by atoms with E-state index in [0.29, 0.717) is 22.9 Å². The number of sulfonamides is 1. The van der Waals surface area contributed by atoms with Gasteiger partial charge in [-0.2, -0.15) is 0 Å². The molecule has 0 heterocycles. The summed E-state index contributed by atoms with van der Waals surface area (Å²) >= 11 is 6.20. The number of amides is 2. The summed E-state index contributed by atoms with van der Waals surface area (Å²) in [5.74, 6) is -0.148. The van der Waals surface area contributed by atoms with Crippen LogP contribution in [-0.4, -0.2) is 58.5 Å². The highest BCUT2D eigenvalue weighted by Gasteiger charge is 2.34. The number of hydrogen-bond acceptors (Lipinski definition) is 6. The molecule has 0 unspecified atom stereocenters. The quantitative estimate of drug-likeness (QED) is 0.289. The van der Waals surface area contributed by atoms with Crippen molar-refractivity contribution in [3.63, 3.8) is 0 Å². The first-order valence-electron chi connectivity index (χ1n) is 13.5. The summed E-state index contributed by atoms with van der Waals surface area (Å²) in [7, 11) is -1.40. The zero-order chi connectivity index (χ0) is 31.0. The number of nitrogens with zero attached hydrogens (tertiary/aromatic N) is 2. The Morgan fingerprint density at radius 3 is 2.24 bits per heavy atom. The van der Waals surface area contributed by atoms with Crippen molar-refractivity contribution in [1.82, 2.24) is 10.2 Å². The molecule has 3 aromatic rings. The Labute approximate surface area is 253 Å². The van der Waals surface area contributed by atoms with Gasteiger partial charge in [-0.25, -0.2) is 8.42 Å². The topological polar surface area (TPSA) is 105 Å². The second kappa shape index (κ2) is 14.4. The third-order valence-corrected chi connectivity index (χ3v) is 8.65. The highest BCUT2D eigenvalue weighted by molar-refractivity contribution is 7.92. The molecule has 9 nitrogen and oxygen atoms in total. The first kappa shape index (κ1) is 32.8. The van der Waals surface area contributed by atoms with Crippen molar-refractivity contribution >= 4 is 39.1 Å². The van der Waals surface area contributed by atoms with Gasteiger partial charge in [-0.15, -0.1) is 0 Å². The molecule has 1 N–H and O–H groups in total. The Morgan fingerprint density at radius 1 is 0.952 bits per heavy atom. The summed E-state index contributed by atoms with van der Waals surface area (Å²) < 4.78 is 40.1. The third-order valence-electron chi connectivity index (χ3n) is 6.64. The molecule has 0 aromatic heterocycles. The molecular weight excluding hydrogens is 578 g/mol. The van der Waals surface area contributed by atoms with Crippen LogP contribution in [0.25, 0.3) is 0 Å². The molecule has 0 spiro atoms. The van der Waals surface area contributed by atoms with E-state index in [1.807, 2.05) is 20.8 Å². The van der Waals surface area contributed by atoms with Crippen LogP contribution in [0.5, 0.6) is 11.5 Å². The van der Waals surface area contributed by atoms with Crippen LogP contribution in [0.2, 0.25) is 5.02 Å². The van der Waals surface area contributed by atoms with Gasteiger partial charge in [0.05, 0.1) is 24.8 Å². The number of carbonyl (C=O) groups excluding carboxylic acids is 2. The van der Waals surface area contributed by atoms with Crippen molar-refractivity contribution in [3.05, 3.63) is 82.9 Å². The van der Waals surface area contributed by atoms with Gasteiger partial charge in [-0.3, -0.25) is 13.9 Å². The SMILES string of the molecule is COc1ccc(OC)c(N(CC(=O)N(Cc2cccc(Cl)c2)[C@H](C)C(=O)NCC(C)C)S(=O)(=O)c2ccc(C)cc2)c1. The summed E-state index contributed by atoms with van der Waals surface area (Å²) in [5, 5.41) is 3.34.